The molecule has 2 aromatic carbocycles. The van der Waals surface area contributed by atoms with Gasteiger partial charge in [-0.2, -0.15) is 0 Å². The zero-order valence-corrected chi connectivity index (χ0v) is 14.8. The van der Waals surface area contributed by atoms with E-state index < -0.39 is 0 Å². The molecule has 0 aliphatic carbocycles. The first-order chi connectivity index (χ1) is 13.2. The molecule has 0 saturated heterocycles. The molecule has 0 fully saturated rings. The molecule has 4 aromatic rings. The van der Waals surface area contributed by atoms with Crippen LogP contribution in [-0.4, -0.2) is 15.8 Å². The van der Waals surface area contributed by atoms with Crippen molar-refractivity contribution < 1.29 is 13.9 Å². The third-order valence-electron chi connectivity index (χ3n) is 3.79. The number of rotatable bonds is 5. The van der Waals surface area contributed by atoms with Gasteiger partial charge in [-0.25, -0.2) is 9.97 Å². The van der Waals surface area contributed by atoms with Gasteiger partial charge in [0.2, 0.25) is 5.88 Å². The first kappa shape index (κ1) is 17.0. The van der Waals surface area contributed by atoms with Crippen molar-refractivity contribution >= 4 is 34.5 Å². The van der Waals surface area contributed by atoms with Crippen LogP contribution in [0.3, 0.4) is 0 Å². The number of benzene rings is 2. The molecule has 0 saturated carbocycles. The summed E-state index contributed by atoms with van der Waals surface area (Å²) in [7, 11) is 0. The van der Waals surface area contributed by atoms with E-state index in [4.69, 9.17) is 20.8 Å². The van der Waals surface area contributed by atoms with Crippen molar-refractivity contribution in [2.24, 2.45) is 0 Å². The van der Waals surface area contributed by atoms with Gasteiger partial charge < -0.3 is 9.15 Å². The highest BCUT2D eigenvalue weighted by atomic mass is 35.5. The number of fused-ring (bicyclic) bond motifs is 1. The van der Waals surface area contributed by atoms with Gasteiger partial charge in [-0.05, 0) is 66.7 Å². The normalized spacial score (nSPS) is 11.1. The Labute approximate surface area is 159 Å². The summed E-state index contributed by atoms with van der Waals surface area (Å²) in [5.74, 6) is 1.42. The van der Waals surface area contributed by atoms with E-state index in [0.29, 0.717) is 39.0 Å². The molecular weight excluding hydrogens is 364 g/mol. The molecule has 4 rings (SSSR count). The van der Waals surface area contributed by atoms with E-state index in [1.807, 2.05) is 0 Å². The van der Waals surface area contributed by atoms with Crippen LogP contribution >= 0.6 is 11.6 Å². The van der Waals surface area contributed by atoms with Crippen LogP contribution in [0.1, 0.15) is 16.1 Å². The Morgan fingerprint density at radius 2 is 1.93 bits per heavy atom. The summed E-state index contributed by atoms with van der Waals surface area (Å²) in [6, 6.07) is 15.6. The second-order valence-electron chi connectivity index (χ2n) is 5.68. The maximum Gasteiger partial charge on any atom is 0.238 e. The molecule has 0 bridgehead atoms. The predicted molar refractivity (Wildman–Crippen MR) is 103 cm³/mol. The average molecular weight is 377 g/mol. The quantitative estimate of drug-likeness (QED) is 0.337. The summed E-state index contributed by atoms with van der Waals surface area (Å²) in [6.45, 7) is 0. The number of hydrogen-bond acceptors (Lipinski definition) is 5. The average Bonchev–Trinajstić information content (AvgIpc) is 3.20. The molecule has 0 aliphatic rings. The van der Waals surface area contributed by atoms with Crippen molar-refractivity contribution in [1.82, 2.24) is 9.97 Å². The molecule has 0 aliphatic heterocycles. The molecule has 0 radical (unpaired) electrons. The Hall–Kier alpha value is -3.44. The largest absolute Gasteiger partial charge is 0.465 e. The predicted octanol–water partition coefficient (Wildman–Crippen LogP) is 5.56. The lowest BCUT2D eigenvalue weighted by atomic mass is 10.1. The second-order valence-corrected chi connectivity index (χ2v) is 6.12. The Morgan fingerprint density at radius 3 is 2.70 bits per heavy atom. The molecule has 0 amide bonds. The van der Waals surface area contributed by atoms with E-state index in [-0.39, 0.29) is 5.78 Å². The number of carbonyl (C=O) groups excluding carboxylic acids is 1. The van der Waals surface area contributed by atoms with Crippen molar-refractivity contribution in [1.29, 1.82) is 0 Å². The molecule has 0 unspecified atom stereocenters. The smallest absolute Gasteiger partial charge is 0.238 e. The number of allylic oxidation sites excluding steroid dienone is 1. The minimum absolute atomic E-state index is 0.125. The number of ether oxygens (including phenoxy) is 1. The lowest BCUT2D eigenvalue weighted by Gasteiger charge is -2.06. The first-order valence-electron chi connectivity index (χ1n) is 8.13. The van der Waals surface area contributed by atoms with Crippen LogP contribution in [0.5, 0.6) is 11.6 Å². The van der Waals surface area contributed by atoms with Crippen LogP contribution < -0.4 is 4.74 Å². The molecule has 6 heteroatoms. The zero-order chi connectivity index (χ0) is 18.6. The molecule has 0 N–H and O–H groups in total. The Morgan fingerprint density at radius 1 is 1.07 bits per heavy atom. The summed E-state index contributed by atoms with van der Waals surface area (Å²) >= 11 is 5.94. The van der Waals surface area contributed by atoms with Crippen molar-refractivity contribution in [2.45, 2.75) is 0 Å². The van der Waals surface area contributed by atoms with Gasteiger partial charge in [-0.3, -0.25) is 4.79 Å². The van der Waals surface area contributed by atoms with Gasteiger partial charge in [0.05, 0.1) is 23.5 Å². The first-order valence-corrected chi connectivity index (χ1v) is 8.51. The highest BCUT2D eigenvalue weighted by molar-refractivity contribution is 6.31. The van der Waals surface area contributed by atoms with Crippen LogP contribution in [0.2, 0.25) is 5.02 Å². The molecule has 2 heterocycles. The minimum Gasteiger partial charge on any atom is -0.465 e. The number of nitrogens with zero attached hydrogens (tertiary/aromatic N) is 2. The number of furan rings is 1. The molecule has 2 aromatic heterocycles. The standard InChI is InChI=1S/C21H13ClN2O3/c22-15-5-9-18-19(12-15)23-13-21(24-18)27-17-6-3-14(4-7-17)20(25)10-8-16-2-1-11-26-16/h1-13H/b10-8+. The molecule has 27 heavy (non-hydrogen) atoms. The van der Waals surface area contributed by atoms with E-state index in [2.05, 4.69) is 9.97 Å². The monoisotopic (exact) mass is 376 g/mol. The van der Waals surface area contributed by atoms with Gasteiger partial charge in [0.15, 0.2) is 5.78 Å². The number of aromatic nitrogens is 2. The van der Waals surface area contributed by atoms with Gasteiger partial charge in [0, 0.05) is 10.6 Å². The van der Waals surface area contributed by atoms with Gasteiger partial charge in [0.25, 0.3) is 0 Å². The SMILES string of the molecule is O=C(/C=C/c1ccco1)c1ccc(Oc2cnc3cc(Cl)ccc3n2)cc1. The van der Waals surface area contributed by atoms with Crippen LogP contribution in [-0.2, 0) is 0 Å². The highest BCUT2D eigenvalue weighted by Gasteiger charge is 2.06. The Bertz CT molecular complexity index is 1120. The lowest BCUT2D eigenvalue weighted by Crippen LogP contribution is -1.95. The summed E-state index contributed by atoms with van der Waals surface area (Å²) in [5.41, 5.74) is 1.93. The fourth-order valence-electron chi connectivity index (χ4n) is 2.46. The highest BCUT2D eigenvalue weighted by Crippen LogP contribution is 2.23. The van der Waals surface area contributed by atoms with E-state index in [1.54, 1.807) is 66.9 Å². The van der Waals surface area contributed by atoms with Crippen LogP contribution in [0, 0.1) is 0 Å². The fraction of sp³-hybridized carbons (Fsp3) is 0. The van der Waals surface area contributed by atoms with Crippen LogP contribution in [0.25, 0.3) is 17.1 Å². The van der Waals surface area contributed by atoms with E-state index in [1.165, 1.54) is 12.3 Å². The third-order valence-corrected chi connectivity index (χ3v) is 4.02. The maximum atomic E-state index is 12.2. The van der Waals surface area contributed by atoms with Gasteiger partial charge in [-0.15, -0.1) is 0 Å². The fourth-order valence-corrected chi connectivity index (χ4v) is 2.63. The summed E-state index contributed by atoms with van der Waals surface area (Å²) in [6.07, 6.45) is 6.18. The molecule has 5 nitrogen and oxygen atoms in total. The summed E-state index contributed by atoms with van der Waals surface area (Å²) < 4.78 is 10.9. The maximum absolute atomic E-state index is 12.2. The van der Waals surface area contributed by atoms with Crippen LogP contribution in [0.4, 0.5) is 0 Å². The van der Waals surface area contributed by atoms with E-state index >= 15 is 0 Å². The van der Waals surface area contributed by atoms with Gasteiger partial charge in [-0.1, -0.05) is 11.6 Å². The molecule has 132 valence electrons. The number of halogens is 1. The summed E-state index contributed by atoms with van der Waals surface area (Å²) in [4.78, 5) is 20.9. The summed E-state index contributed by atoms with van der Waals surface area (Å²) in [5, 5.41) is 0.604. The zero-order valence-electron chi connectivity index (χ0n) is 14.0. The van der Waals surface area contributed by atoms with E-state index in [9.17, 15) is 4.79 Å². The lowest BCUT2D eigenvalue weighted by molar-refractivity contribution is 0.104. The van der Waals surface area contributed by atoms with Gasteiger partial charge >= 0.3 is 0 Å². The Kier molecular flexibility index (Phi) is 4.68. The molecule has 0 atom stereocenters. The van der Waals surface area contributed by atoms with E-state index in [0.717, 1.165) is 0 Å². The second kappa shape index (κ2) is 7.43. The minimum atomic E-state index is -0.125. The van der Waals surface area contributed by atoms with Crippen LogP contribution in [0.15, 0.2) is 77.6 Å². The van der Waals surface area contributed by atoms with Crippen molar-refractivity contribution in [3.63, 3.8) is 0 Å². The molecule has 0 spiro atoms. The number of hydrogen-bond donors (Lipinski definition) is 0. The number of carbonyl (C=O) groups is 1. The third kappa shape index (κ3) is 4.04. The number of ketones is 1. The van der Waals surface area contributed by atoms with Crippen molar-refractivity contribution in [2.75, 3.05) is 0 Å². The Balaban J connectivity index is 1.47. The molecular formula is C21H13ClN2O3. The van der Waals surface area contributed by atoms with Crippen molar-refractivity contribution in [3.05, 3.63) is 89.5 Å². The van der Waals surface area contributed by atoms with Gasteiger partial charge in [0.1, 0.15) is 11.5 Å². The topological polar surface area (TPSA) is 65.2 Å². The van der Waals surface area contributed by atoms with Crippen molar-refractivity contribution in [3.8, 4) is 11.6 Å².